The maximum Gasteiger partial charge on any atom is 0.233 e. The molecule has 0 saturated heterocycles. The number of rotatable bonds is 9. The van der Waals surface area contributed by atoms with E-state index in [0.717, 1.165) is 49.0 Å². The fourth-order valence-electron chi connectivity index (χ4n) is 2.73. The molecule has 0 saturated carbocycles. The highest BCUT2D eigenvalue weighted by atomic mass is 32.2. The predicted molar refractivity (Wildman–Crippen MR) is 104 cm³/mol. The lowest BCUT2D eigenvalue weighted by Crippen LogP contribution is -2.33. The number of thioether (sulfide) groups is 1. The molecule has 0 spiro atoms. The van der Waals surface area contributed by atoms with Gasteiger partial charge in [0.1, 0.15) is 0 Å². The van der Waals surface area contributed by atoms with E-state index >= 15 is 0 Å². The molecule has 6 heteroatoms. The largest absolute Gasteiger partial charge is 0.342 e. The first-order valence-corrected chi connectivity index (χ1v) is 10.0. The zero-order chi connectivity index (χ0) is 18.2. The van der Waals surface area contributed by atoms with Crippen molar-refractivity contribution in [1.82, 2.24) is 19.7 Å². The van der Waals surface area contributed by atoms with Gasteiger partial charge in [0.2, 0.25) is 5.91 Å². The van der Waals surface area contributed by atoms with E-state index in [1.165, 1.54) is 17.3 Å². The van der Waals surface area contributed by atoms with Crippen LogP contribution in [0.2, 0.25) is 0 Å². The Labute approximate surface area is 154 Å². The van der Waals surface area contributed by atoms with Crippen molar-refractivity contribution in [2.24, 2.45) is 0 Å². The Kier molecular flexibility index (Phi) is 7.50. The molecule has 0 bridgehead atoms. The maximum atomic E-state index is 12.4. The summed E-state index contributed by atoms with van der Waals surface area (Å²) in [5, 5.41) is 9.51. The van der Waals surface area contributed by atoms with Crippen LogP contribution in [0.4, 0.5) is 0 Å². The monoisotopic (exact) mass is 360 g/mol. The first-order valence-electron chi connectivity index (χ1n) is 9.02. The number of nitrogens with zero attached hydrogens (tertiary/aromatic N) is 4. The van der Waals surface area contributed by atoms with Gasteiger partial charge < -0.3 is 9.47 Å². The molecule has 0 unspecified atom stereocenters. The number of aryl methyl sites for hydroxylation is 1. The average molecular weight is 361 g/mol. The molecule has 1 aromatic heterocycles. The van der Waals surface area contributed by atoms with Gasteiger partial charge in [0.15, 0.2) is 11.0 Å². The van der Waals surface area contributed by atoms with Gasteiger partial charge >= 0.3 is 0 Å². The topological polar surface area (TPSA) is 51.0 Å². The molecule has 0 aliphatic rings. The molecule has 1 heterocycles. The van der Waals surface area contributed by atoms with E-state index in [-0.39, 0.29) is 5.91 Å². The number of carbonyl (C=O) groups is 1. The smallest absolute Gasteiger partial charge is 0.233 e. The highest BCUT2D eigenvalue weighted by Crippen LogP contribution is 2.26. The van der Waals surface area contributed by atoms with Crippen molar-refractivity contribution in [3.05, 3.63) is 29.8 Å². The summed E-state index contributed by atoms with van der Waals surface area (Å²) < 4.78 is 2.09. The van der Waals surface area contributed by atoms with Crippen LogP contribution in [0.25, 0.3) is 11.4 Å². The van der Waals surface area contributed by atoms with Crippen molar-refractivity contribution in [3.8, 4) is 11.4 Å². The molecule has 2 rings (SSSR count). The third-order valence-corrected chi connectivity index (χ3v) is 5.21. The molecule has 0 radical (unpaired) electrons. The van der Waals surface area contributed by atoms with Gasteiger partial charge in [-0.15, -0.1) is 10.2 Å². The highest BCUT2D eigenvalue weighted by Gasteiger charge is 2.17. The normalized spacial score (nSPS) is 10.9. The second-order valence-electron chi connectivity index (χ2n) is 5.98. The van der Waals surface area contributed by atoms with Gasteiger partial charge in [-0.3, -0.25) is 4.79 Å². The highest BCUT2D eigenvalue weighted by molar-refractivity contribution is 7.99. The maximum absolute atomic E-state index is 12.4. The number of carbonyl (C=O) groups excluding carboxylic acids is 1. The summed E-state index contributed by atoms with van der Waals surface area (Å²) in [6, 6.07) is 8.18. The van der Waals surface area contributed by atoms with E-state index in [0.29, 0.717) is 5.75 Å². The molecule has 136 valence electrons. The molecular formula is C19H28N4OS. The Morgan fingerprint density at radius 3 is 2.60 bits per heavy atom. The zero-order valence-electron chi connectivity index (χ0n) is 15.7. The molecule has 25 heavy (non-hydrogen) atoms. The zero-order valence-corrected chi connectivity index (χ0v) is 16.5. The SMILES string of the molecule is CCCCN(CC)C(=O)CSc1nnc(-c2ccccc2C)n1CC. The summed E-state index contributed by atoms with van der Waals surface area (Å²) in [5.74, 6) is 1.45. The standard InChI is InChI=1S/C19H28N4OS/c1-5-8-13-22(6-2)17(24)14-25-19-21-20-18(23(19)7-3)16-12-10-9-11-15(16)4/h9-12H,5-8,13-14H2,1-4H3. The minimum Gasteiger partial charge on any atom is -0.342 e. The van der Waals surface area contributed by atoms with Gasteiger partial charge in [-0.25, -0.2) is 0 Å². The number of benzene rings is 1. The summed E-state index contributed by atoms with van der Waals surface area (Å²) in [5.41, 5.74) is 2.27. The van der Waals surface area contributed by atoms with Crippen LogP contribution in [-0.4, -0.2) is 44.4 Å². The third kappa shape index (κ3) is 4.84. The van der Waals surface area contributed by atoms with Gasteiger partial charge in [-0.2, -0.15) is 0 Å². The molecule has 0 N–H and O–H groups in total. The molecule has 0 aliphatic carbocycles. The second-order valence-corrected chi connectivity index (χ2v) is 6.92. The third-order valence-electron chi connectivity index (χ3n) is 4.26. The van der Waals surface area contributed by atoms with Crippen molar-refractivity contribution in [2.75, 3.05) is 18.8 Å². The van der Waals surface area contributed by atoms with E-state index in [2.05, 4.69) is 47.7 Å². The number of hydrogen-bond donors (Lipinski definition) is 0. The summed E-state index contributed by atoms with van der Waals surface area (Å²) in [7, 11) is 0. The molecule has 1 aromatic carbocycles. The van der Waals surface area contributed by atoms with Gasteiger partial charge in [0.05, 0.1) is 5.75 Å². The Balaban J connectivity index is 2.11. The summed E-state index contributed by atoms with van der Waals surface area (Å²) in [6.07, 6.45) is 2.15. The number of aromatic nitrogens is 3. The molecule has 0 fully saturated rings. The first-order chi connectivity index (χ1) is 12.1. The fourth-order valence-corrected chi connectivity index (χ4v) is 3.63. The summed E-state index contributed by atoms with van der Waals surface area (Å²) in [6.45, 7) is 10.7. The van der Waals surface area contributed by atoms with Gasteiger partial charge in [0.25, 0.3) is 0 Å². The predicted octanol–water partition coefficient (Wildman–Crippen LogP) is 4.01. The lowest BCUT2D eigenvalue weighted by molar-refractivity contribution is -0.128. The first kappa shape index (κ1) is 19.5. The van der Waals surface area contributed by atoms with E-state index in [9.17, 15) is 4.79 Å². The minimum atomic E-state index is 0.170. The fraction of sp³-hybridized carbons (Fsp3) is 0.526. The summed E-state index contributed by atoms with van der Waals surface area (Å²) in [4.78, 5) is 14.4. The van der Waals surface area contributed by atoms with Gasteiger partial charge in [-0.05, 0) is 32.8 Å². The van der Waals surface area contributed by atoms with E-state index < -0.39 is 0 Å². The minimum absolute atomic E-state index is 0.170. The number of unbranched alkanes of at least 4 members (excludes halogenated alkanes) is 1. The summed E-state index contributed by atoms with van der Waals surface area (Å²) >= 11 is 1.48. The van der Waals surface area contributed by atoms with Crippen LogP contribution < -0.4 is 0 Å². The lowest BCUT2D eigenvalue weighted by atomic mass is 10.1. The van der Waals surface area contributed by atoms with Gasteiger partial charge in [-0.1, -0.05) is 49.4 Å². The van der Waals surface area contributed by atoms with Crippen LogP contribution >= 0.6 is 11.8 Å². The molecular weight excluding hydrogens is 332 g/mol. The Hall–Kier alpha value is -1.82. The van der Waals surface area contributed by atoms with Crippen LogP contribution in [0.3, 0.4) is 0 Å². The van der Waals surface area contributed by atoms with Crippen LogP contribution in [0.5, 0.6) is 0 Å². The molecule has 1 amide bonds. The van der Waals surface area contributed by atoms with E-state index in [4.69, 9.17) is 0 Å². The average Bonchev–Trinajstić information content (AvgIpc) is 3.03. The van der Waals surface area contributed by atoms with E-state index in [1.54, 1.807) is 0 Å². The lowest BCUT2D eigenvalue weighted by Gasteiger charge is -2.20. The van der Waals surface area contributed by atoms with Gasteiger partial charge in [0, 0.05) is 25.2 Å². The van der Waals surface area contributed by atoms with Crippen molar-refractivity contribution in [2.45, 2.75) is 52.2 Å². The molecule has 0 aliphatic heterocycles. The van der Waals surface area contributed by atoms with Crippen molar-refractivity contribution in [1.29, 1.82) is 0 Å². The van der Waals surface area contributed by atoms with Crippen LogP contribution in [0, 0.1) is 6.92 Å². The Morgan fingerprint density at radius 1 is 1.20 bits per heavy atom. The van der Waals surface area contributed by atoms with Crippen molar-refractivity contribution < 1.29 is 4.79 Å². The van der Waals surface area contributed by atoms with Crippen LogP contribution in [0.1, 0.15) is 39.2 Å². The number of amides is 1. The van der Waals surface area contributed by atoms with Crippen molar-refractivity contribution in [3.63, 3.8) is 0 Å². The van der Waals surface area contributed by atoms with Crippen LogP contribution in [-0.2, 0) is 11.3 Å². The van der Waals surface area contributed by atoms with E-state index in [1.807, 2.05) is 24.0 Å². The second kappa shape index (κ2) is 9.61. The number of hydrogen-bond acceptors (Lipinski definition) is 4. The Morgan fingerprint density at radius 2 is 1.96 bits per heavy atom. The quantitative estimate of drug-likeness (QED) is 0.634. The van der Waals surface area contributed by atoms with Crippen molar-refractivity contribution >= 4 is 17.7 Å². The Bertz CT molecular complexity index is 698. The van der Waals surface area contributed by atoms with Crippen LogP contribution in [0.15, 0.2) is 29.4 Å². The molecule has 0 atom stereocenters. The molecule has 2 aromatic rings. The molecule has 5 nitrogen and oxygen atoms in total.